The van der Waals surface area contributed by atoms with E-state index in [2.05, 4.69) is 0 Å². The Labute approximate surface area is 92.8 Å². The van der Waals surface area contributed by atoms with Crippen molar-refractivity contribution >= 4 is 0 Å². The molecule has 0 bridgehead atoms. The van der Waals surface area contributed by atoms with E-state index in [0.717, 1.165) is 0 Å². The van der Waals surface area contributed by atoms with Crippen LogP contribution in [0.1, 0.15) is 0 Å². The van der Waals surface area contributed by atoms with E-state index in [1.807, 2.05) is 0 Å². The van der Waals surface area contributed by atoms with Crippen LogP contribution in [-0.4, -0.2) is 52.9 Å². The third-order valence-electron chi connectivity index (χ3n) is 1.87. The molecule has 4 nitrogen and oxygen atoms in total. The zero-order valence-electron chi connectivity index (χ0n) is 9.26. The van der Waals surface area contributed by atoms with E-state index in [0.29, 0.717) is 13.2 Å². The van der Waals surface area contributed by atoms with E-state index in [1.165, 1.54) is 7.11 Å². The van der Waals surface area contributed by atoms with Gasteiger partial charge in [-0.1, -0.05) is 0 Å². The van der Waals surface area contributed by atoms with Gasteiger partial charge in [0.15, 0.2) is 0 Å². The Kier molecular flexibility index (Phi) is 8.54. The molecule has 1 atom stereocenters. The lowest BCUT2D eigenvalue weighted by molar-refractivity contribution is -0.186. The quantitative estimate of drug-likeness (QED) is 0.611. The topological polar surface area (TPSA) is 53.7 Å². The minimum absolute atomic E-state index is 0.121. The Hall–Kier alpha value is -0.370. The van der Waals surface area contributed by atoms with Gasteiger partial charge >= 0.3 is 6.18 Å². The molecule has 2 N–H and O–H groups in total. The standard InChI is InChI=1S/C9H18F3NO3/c1-14-2-3-15-4-5-16-7-8(6-13)9(10,11)12/h8H,2-7,13H2,1H3. The van der Waals surface area contributed by atoms with Crippen molar-refractivity contribution in [2.24, 2.45) is 11.7 Å². The van der Waals surface area contributed by atoms with Gasteiger partial charge in [0.05, 0.1) is 39.0 Å². The van der Waals surface area contributed by atoms with Crippen LogP contribution in [0.2, 0.25) is 0 Å². The molecule has 0 spiro atoms. The van der Waals surface area contributed by atoms with Crippen LogP contribution in [0.4, 0.5) is 13.2 Å². The molecule has 0 radical (unpaired) electrons. The van der Waals surface area contributed by atoms with E-state index in [-0.39, 0.29) is 13.2 Å². The molecule has 0 amide bonds. The van der Waals surface area contributed by atoms with Crippen LogP contribution in [0.15, 0.2) is 0 Å². The van der Waals surface area contributed by atoms with Gasteiger partial charge in [0, 0.05) is 13.7 Å². The molecular weight excluding hydrogens is 227 g/mol. The van der Waals surface area contributed by atoms with Crippen molar-refractivity contribution in [2.75, 3.05) is 46.7 Å². The summed E-state index contributed by atoms with van der Waals surface area (Å²) in [7, 11) is 1.54. The lowest BCUT2D eigenvalue weighted by atomic mass is 10.1. The maximum Gasteiger partial charge on any atom is 0.395 e. The maximum absolute atomic E-state index is 12.2. The first kappa shape index (κ1) is 15.6. The van der Waals surface area contributed by atoms with E-state index >= 15 is 0 Å². The van der Waals surface area contributed by atoms with E-state index in [1.54, 1.807) is 0 Å². The number of hydrogen-bond donors (Lipinski definition) is 1. The lowest BCUT2D eigenvalue weighted by Crippen LogP contribution is -2.34. The van der Waals surface area contributed by atoms with Gasteiger partial charge < -0.3 is 19.9 Å². The summed E-state index contributed by atoms with van der Waals surface area (Å²) in [5.74, 6) is -1.61. The summed E-state index contributed by atoms with van der Waals surface area (Å²) in [6, 6.07) is 0. The summed E-state index contributed by atoms with van der Waals surface area (Å²) in [6.45, 7) is 0.337. The molecule has 0 aliphatic rings. The third-order valence-corrected chi connectivity index (χ3v) is 1.87. The molecule has 7 heteroatoms. The van der Waals surface area contributed by atoms with Crippen molar-refractivity contribution < 1.29 is 27.4 Å². The molecular formula is C9H18F3NO3. The number of nitrogens with two attached hydrogens (primary N) is 1. The van der Waals surface area contributed by atoms with Gasteiger partial charge in [0.2, 0.25) is 0 Å². The highest BCUT2D eigenvalue weighted by molar-refractivity contribution is 4.67. The molecule has 1 unspecified atom stereocenters. The Morgan fingerprint density at radius 1 is 1.06 bits per heavy atom. The summed E-state index contributed by atoms with van der Waals surface area (Å²) >= 11 is 0. The first-order chi connectivity index (χ1) is 7.52. The van der Waals surface area contributed by atoms with Gasteiger partial charge in [-0.3, -0.25) is 0 Å². The second-order valence-electron chi connectivity index (χ2n) is 3.15. The fourth-order valence-corrected chi connectivity index (χ4v) is 0.884. The molecule has 0 aromatic heterocycles. The monoisotopic (exact) mass is 245 g/mol. The number of ether oxygens (including phenoxy) is 3. The highest BCUT2D eigenvalue weighted by Gasteiger charge is 2.38. The highest BCUT2D eigenvalue weighted by atomic mass is 19.4. The smallest absolute Gasteiger partial charge is 0.382 e. The molecule has 0 aromatic carbocycles. The lowest BCUT2D eigenvalue weighted by Gasteiger charge is -2.18. The van der Waals surface area contributed by atoms with Gasteiger partial charge in [0.1, 0.15) is 0 Å². The molecule has 0 heterocycles. The Morgan fingerprint density at radius 3 is 2.12 bits per heavy atom. The molecule has 0 saturated heterocycles. The van der Waals surface area contributed by atoms with Crippen molar-refractivity contribution in [3.05, 3.63) is 0 Å². The SMILES string of the molecule is COCCOCCOCC(CN)C(F)(F)F. The van der Waals surface area contributed by atoms with Crippen LogP contribution >= 0.6 is 0 Å². The average Bonchev–Trinajstić information content (AvgIpc) is 2.20. The fourth-order valence-electron chi connectivity index (χ4n) is 0.884. The van der Waals surface area contributed by atoms with Gasteiger partial charge in [-0.25, -0.2) is 0 Å². The van der Waals surface area contributed by atoms with Gasteiger partial charge in [-0.2, -0.15) is 13.2 Å². The maximum atomic E-state index is 12.2. The average molecular weight is 245 g/mol. The zero-order valence-corrected chi connectivity index (χ0v) is 9.26. The van der Waals surface area contributed by atoms with E-state index in [9.17, 15) is 13.2 Å². The van der Waals surface area contributed by atoms with Crippen molar-refractivity contribution in [3.63, 3.8) is 0 Å². The largest absolute Gasteiger partial charge is 0.395 e. The van der Waals surface area contributed by atoms with Crippen LogP contribution in [-0.2, 0) is 14.2 Å². The summed E-state index contributed by atoms with van der Waals surface area (Å²) in [6.07, 6.45) is -4.30. The third kappa shape index (κ3) is 7.86. The van der Waals surface area contributed by atoms with Crippen LogP contribution < -0.4 is 5.73 Å². The van der Waals surface area contributed by atoms with E-state index in [4.69, 9.17) is 19.9 Å². The van der Waals surface area contributed by atoms with Crippen LogP contribution in [0.3, 0.4) is 0 Å². The van der Waals surface area contributed by atoms with Crippen LogP contribution in [0.5, 0.6) is 0 Å². The Bertz CT molecular complexity index is 167. The summed E-state index contributed by atoms with van der Waals surface area (Å²) < 4.78 is 51.1. The normalized spacial score (nSPS) is 14.1. The second-order valence-corrected chi connectivity index (χ2v) is 3.15. The molecule has 0 rings (SSSR count). The molecule has 0 aromatic rings. The minimum atomic E-state index is -4.30. The van der Waals surface area contributed by atoms with E-state index < -0.39 is 25.2 Å². The fraction of sp³-hybridized carbons (Fsp3) is 1.00. The zero-order chi connectivity index (χ0) is 12.4. The van der Waals surface area contributed by atoms with Gasteiger partial charge in [-0.05, 0) is 0 Å². The number of hydrogen-bond acceptors (Lipinski definition) is 4. The van der Waals surface area contributed by atoms with Crippen LogP contribution in [0, 0.1) is 5.92 Å². The van der Waals surface area contributed by atoms with Crippen molar-refractivity contribution in [2.45, 2.75) is 6.18 Å². The van der Waals surface area contributed by atoms with Crippen LogP contribution in [0.25, 0.3) is 0 Å². The summed E-state index contributed by atoms with van der Waals surface area (Å²) in [5.41, 5.74) is 4.99. The first-order valence-corrected chi connectivity index (χ1v) is 4.93. The molecule has 0 saturated carbocycles. The van der Waals surface area contributed by atoms with Crippen molar-refractivity contribution in [3.8, 4) is 0 Å². The van der Waals surface area contributed by atoms with Gasteiger partial charge in [-0.15, -0.1) is 0 Å². The Balaban J connectivity index is 3.42. The number of halogens is 3. The van der Waals surface area contributed by atoms with Crippen molar-refractivity contribution in [1.29, 1.82) is 0 Å². The molecule has 98 valence electrons. The second kappa shape index (κ2) is 8.74. The van der Waals surface area contributed by atoms with Gasteiger partial charge in [0.25, 0.3) is 0 Å². The number of alkyl halides is 3. The summed E-state index contributed by atoms with van der Waals surface area (Å²) in [4.78, 5) is 0. The summed E-state index contributed by atoms with van der Waals surface area (Å²) in [5, 5.41) is 0. The number of methoxy groups -OCH3 is 1. The highest BCUT2D eigenvalue weighted by Crippen LogP contribution is 2.25. The predicted octanol–water partition coefficient (Wildman–Crippen LogP) is 0.803. The number of rotatable bonds is 9. The minimum Gasteiger partial charge on any atom is -0.382 e. The molecule has 0 aliphatic carbocycles. The molecule has 0 aliphatic heterocycles. The van der Waals surface area contributed by atoms with Crippen molar-refractivity contribution in [1.82, 2.24) is 0 Å². The molecule has 0 fully saturated rings. The Morgan fingerprint density at radius 2 is 1.62 bits per heavy atom. The molecule has 16 heavy (non-hydrogen) atoms. The first-order valence-electron chi connectivity index (χ1n) is 4.93. The predicted molar refractivity (Wildman–Crippen MR) is 52.1 cm³/mol.